The van der Waals surface area contributed by atoms with Crippen LogP contribution in [0.3, 0.4) is 0 Å². The highest BCUT2D eigenvalue weighted by Crippen LogP contribution is 2.47. The third-order valence-corrected chi connectivity index (χ3v) is 25.9. The molecule has 2 aliphatic heterocycles. The Labute approximate surface area is 694 Å². The third kappa shape index (κ3) is 15.3. The highest BCUT2D eigenvalue weighted by Gasteiger charge is 2.42. The van der Waals surface area contributed by atoms with Crippen molar-refractivity contribution in [1.82, 2.24) is 0 Å². The first-order valence-corrected chi connectivity index (χ1v) is 43.4. The predicted molar refractivity (Wildman–Crippen MR) is 506 cm³/mol. The number of halogens is 2. The molecule has 4 nitrogen and oxygen atoms in total. The second kappa shape index (κ2) is 32.7. The maximum atomic E-state index is 3.85. The Morgan fingerprint density at radius 3 is 1.06 bits per heavy atom. The van der Waals surface area contributed by atoms with Gasteiger partial charge in [0.2, 0.25) is 13.4 Å². The molecule has 1 N–H and O–H groups in total. The van der Waals surface area contributed by atoms with Crippen LogP contribution in [-0.2, 0) is 0 Å². The lowest BCUT2D eigenvalue weighted by molar-refractivity contribution is 0.812. The first kappa shape index (κ1) is 76.8. The van der Waals surface area contributed by atoms with Crippen LogP contribution in [0.1, 0.15) is 158 Å². The number of fused-ring (bicyclic) bond motifs is 10. The summed E-state index contributed by atoms with van der Waals surface area (Å²) >= 11 is 11.4. The van der Waals surface area contributed by atoms with Crippen molar-refractivity contribution in [3.05, 3.63) is 351 Å². The summed E-state index contributed by atoms with van der Waals surface area (Å²) in [6, 6.07) is 112. The molecule has 16 aromatic rings. The second-order valence-corrected chi connectivity index (χ2v) is 36.3. The van der Waals surface area contributed by atoms with Crippen LogP contribution in [0.2, 0.25) is 0 Å². The molecule has 14 aromatic carbocycles. The van der Waals surface area contributed by atoms with Crippen molar-refractivity contribution in [3.8, 4) is 0 Å². The summed E-state index contributed by atoms with van der Waals surface area (Å²) in [7, 11) is 0. The highest BCUT2D eigenvalue weighted by atomic mass is 79.9. The van der Waals surface area contributed by atoms with Gasteiger partial charge in [0.05, 0.1) is 0 Å². The van der Waals surface area contributed by atoms with Gasteiger partial charge in [-0.05, 0) is 243 Å². The molecular formula is C103H96B2Br2N4S2. The normalized spacial score (nSPS) is 12.4. The molecule has 0 spiro atoms. The van der Waals surface area contributed by atoms with Crippen LogP contribution in [-0.4, -0.2) is 13.4 Å². The molecule has 4 heterocycles. The fourth-order valence-electron chi connectivity index (χ4n) is 17.1. The minimum absolute atomic E-state index is 0.0447. The molecular weight excluding hydrogens is 1540 g/mol. The van der Waals surface area contributed by atoms with Gasteiger partial charge in [-0.3, -0.25) is 0 Å². The molecule has 2 aliphatic rings. The first-order valence-electron chi connectivity index (χ1n) is 40.1. The topological polar surface area (TPSA) is 21.8 Å². The average Bonchev–Trinajstić information content (AvgIpc) is 1.69. The molecule has 0 fully saturated rings. The van der Waals surface area contributed by atoms with Crippen LogP contribution in [0.15, 0.2) is 312 Å². The minimum Gasteiger partial charge on any atom is -0.356 e. The van der Waals surface area contributed by atoms with Gasteiger partial charge in [-0.15, -0.1) is 22.7 Å². The van der Waals surface area contributed by atoms with Crippen LogP contribution < -0.4 is 52.8 Å². The molecule has 0 saturated heterocycles. The zero-order valence-electron chi connectivity index (χ0n) is 66.9. The van der Waals surface area contributed by atoms with E-state index in [-0.39, 0.29) is 13.4 Å². The zero-order chi connectivity index (χ0) is 78.5. The number of benzene rings is 14. The van der Waals surface area contributed by atoms with Crippen molar-refractivity contribution < 1.29 is 0 Å². The number of aryl methyl sites for hydroxylation is 1. The van der Waals surface area contributed by atoms with Gasteiger partial charge in [-0.2, -0.15) is 0 Å². The fourth-order valence-corrected chi connectivity index (χ4v) is 20.3. The summed E-state index contributed by atoms with van der Waals surface area (Å²) < 4.78 is 7.56. The molecule has 0 radical (unpaired) electrons. The van der Waals surface area contributed by atoms with E-state index in [2.05, 4.69) is 385 Å². The molecule has 0 bridgehead atoms. The molecule has 560 valence electrons. The summed E-state index contributed by atoms with van der Waals surface area (Å²) in [5, 5.41) is 8.58. The maximum absolute atomic E-state index is 3.85. The van der Waals surface area contributed by atoms with Gasteiger partial charge >= 0.3 is 0 Å². The monoisotopic (exact) mass is 1630 g/mol. The number of hydrogen-bond donors (Lipinski definition) is 1. The molecule has 0 saturated carbocycles. The molecule has 18 rings (SSSR count). The summed E-state index contributed by atoms with van der Waals surface area (Å²) in [4.78, 5) is 7.42. The number of hydrogen-bond acceptors (Lipinski definition) is 6. The summed E-state index contributed by atoms with van der Waals surface area (Å²) in [6.45, 7) is 30.6. The Hall–Kier alpha value is -10.2. The van der Waals surface area contributed by atoms with E-state index < -0.39 is 0 Å². The number of nitrogens with zero attached hydrogens (tertiary/aromatic N) is 3. The van der Waals surface area contributed by atoms with Gasteiger partial charge in [-0.25, -0.2) is 0 Å². The first-order chi connectivity index (χ1) is 54.7. The van der Waals surface area contributed by atoms with Crippen LogP contribution in [0.4, 0.5) is 62.6 Å². The third-order valence-electron chi connectivity index (χ3n) is 22.7. The van der Waals surface area contributed by atoms with E-state index in [1.807, 2.05) is 83.3 Å². The average molecular weight is 1640 g/mol. The predicted octanol–water partition coefficient (Wildman–Crippen LogP) is 28.2. The molecule has 0 unspecified atom stereocenters. The molecule has 10 heteroatoms. The van der Waals surface area contributed by atoms with Crippen molar-refractivity contribution in [2.24, 2.45) is 0 Å². The van der Waals surface area contributed by atoms with E-state index in [1.54, 1.807) is 0 Å². The lowest BCUT2D eigenvalue weighted by Gasteiger charge is -2.40. The summed E-state index contributed by atoms with van der Waals surface area (Å²) in [5.74, 6) is 2.46. The standard InChI is InChI=1S/C52H49BN2S.C39H36BBr2NS.C12H11N/c1-33(2)37-28-43(34(3)4)52(44(29-37)35(5)6)53-46-26-24-41(54(38-17-11-8-12-18-38)39-19-13-9-14-20-39)30-48(46)55(40-21-15-10-16-22-40)49-31-45-42-25-23-36(7)27-50(42)56-51(45)32-47(49)53;1-22(2)25-16-30(23(3)4)39(31(17-25)24(5)6)40-33-15-13-26(41)18-35(33)43(28-10-8-7-9-11-28)36-20-32-29-14-12-27(42)19-37(29)44-38(32)21-34(36)40;1-3-7-11(8-4-1)13-12-9-5-2-6-10-12/h8-35H,1-7H3;7-24H,1-6H3;1-10,13H. The second-order valence-electron chi connectivity index (χ2n) is 32.3. The van der Waals surface area contributed by atoms with E-state index in [1.165, 1.54) is 141 Å². The van der Waals surface area contributed by atoms with Crippen LogP contribution in [0, 0.1) is 6.92 Å². The Morgan fingerprint density at radius 2 is 0.646 bits per heavy atom. The van der Waals surface area contributed by atoms with Gasteiger partial charge in [-0.1, -0.05) is 290 Å². The molecule has 0 amide bonds. The minimum atomic E-state index is 0.0447. The van der Waals surface area contributed by atoms with E-state index >= 15 is 0 Å². The van der Waals surface area contributed by atoms with Gasteiger partial charge in [0.25, 0.3) is 0 Å². The van der Waals surface area contributed by atoms with E-state index in [9.17, 15) is 0 Å². The van der Waals surface area contributed by atoms with Gasteiger partial charge in [0, 0.05) is 112 Å². The van der Waals surface area contributed by atoms with Crippen molar-refractivity contribution in [3.63, 3.8) is 0 Å². The molecule has 0 aliphatic carbocycles. The number of anilines is 11. The molecule has 0 atom stereocenters. The summed E-state index contributed by atoms with van der Waals surface area (Å²) in [5.41, 5.74) is 31.4. The lowest BCUT2D eigenvalue weighted by Crippen LogP contribution is -2.59. The number of rotatable bonds is 15. The Balaban J connectivity index is 0.000000150. The Morgan fingerprint density at radius 1 is 0.301 bits per heavy atom. The quantitative estimate of drug-likeness (QED) is 0.103. The lowest BCUT2D eigenvalue weighted by atomic mass is 9.33. The maximum Gasteiger partial charge on any atom is 0.247 e. The smallest absolute Gasteiger partial charge is 0.247 e. The van der Waals surface area contributed by atoms with Gasteiger partial charge < -0.3 is 20.0 Å². The van der Waals surface area contributed by atoms with Gasteiger partial charge in [0.1, 0.15) is 0 Å². The largest absolute Gasteiger partial charge is 0.356 e. The Bertz CT molecular complexity index is 5990. The van der Waals surface area contributed by atoms with Crippen LogP contribution in [0.25, 0.3) is 40.3 Å². The molecule has 2 aromatic heterocycles. The molecule has 113 heavy (non-hydrogen) atoms. The van der Waals surface area contributed by atoms with Crippen molar-refractivity contribution in [2.45, 2.75) is 126 Å². The number of thiophene rings is 2. The highest BCUT2D eigenvalue weighted by molar-refractivity contribution is 9.10. The fraction of sp³-hybridized carbons (Fsp3) is 0.184. The van der Waals surface area contributed by atoms with E-state index in [0.29, 0.717) is 35.5 Å². The van der Waals surface area contributed by atoms with Gasteiger partial charge in [0.15, 0.2) is 0 Å². The van der Waals surface area contributed by atoms with E-state index in [4.69, 9.17) is 0 Å². The SMILES string of the molecule is CC(C)c1cc(C(C)C)c(B2c3ccc(Br)cc3N(c3ccccc3)c3cc4c(cc32)sc2cc(Br)ccc24)c(C(C)C)c1.Cc1ccc2c(c1)sc1cc3c(cc12)N(c1ccccc1)c1cc(N(c2ccccc2)c2ccccc2)ccc1B3c1c(C(C)C)cc(C(C)C)cc1C(C)C.c1ccc(Nc2ccccc2)cc1. The van der Waals surface area contributed by atoms with Crippen LogP contribution in [0.5, 0.6) is 0 Å². The van der Waals surface area contributed by atoms with Crippen LogP contribution >= 0.6 is 54.5 Å². The van der Waals surface area contributed by atoms with Crippen molar-refractivity contribution in [1.29, 1.82) is 0 Å². The zero-order valence-corrected chi connectivity index (χ0v) is 71.7. The summed E-state index contributed by atoms with van der Waals surface area (Å²) in [6.07, 6.45) is 0. The Kier molecular flexibility index (Phi) is 22.2. The number of nitrogens with one attached hydrogen (secondary N) is 1. The van der Waals surface area contributed by atoms with Crippen molar-refractivity contribution in [2.75, 3.05) is 20.0 Å². The van der Waals surface area contributed by atoms with E-state index in [0.717, 1.165) is 43.1 Å². The number of para-hydroxylation sites is 6. The van der Waals surface area contributed by atoms with Crippen molar-refractivity contribution >= 4 is 204 Å².